The molecule has 1 aliphatic rings. The Kier molecular flexibility index (Phi) is 3.71. The van der Waals surface area contributed by atoms with Gasteiger partial charge in [-0.3, -0.25) is 20.2 Å². The highest BCUT2D eigenvalue weighted by molar-refractivity contribution is 6.01. The second-order valence-corrected chi connectivity index (χ2v) is 5.10. The highest BCUT2D eigenvalue weighted by atomic mass is 16.6. The minimum absolute atomic E-state index is 0.0345. The monoisotopic (exact) mass is 312 g/mol. The summed E-state index contributed by atoms with van der Waals surface area (Å²) in [4.78, 5) is 20.4. The average molecular weight is 312 g/mol. The molecular weight excluding hydrogens is 300 g/mol. The van der Waals surface area contributed by atoms with Crippen LogP contribution in [0.4, 0.5) is 11.4 Å². The van der Waals surface area contributed by atoms with E-state index in [4.69, 9.17) is 0 Å². The lowest BCUT2D eigenvalue weighted by Crippen LogP contribution is -2.09. The van der Waals surface area contributed by atoms with E-state index in [1.54, 1.807) is 24.3 Å². The Morgan fingerprint density at radius 2 is 1.43 bits per heavy atom. The molecule has 0 bridgehead atoms. The molecular formula is C15H12N4O4. The number of nitrogens with zero attached hydrogens (tertiary/aromatic N) is 3. The summed E-state index contributed by atoms with van der Waals surface area (Å²) in [6.07, 6.45) is 0.607. The lowest BCUT2D eigenvalue weighted by atomic mass is 9.99. The van der Waals surface area contributed by atoms with Gasteiger partial charge in [0.15, 0.2) is 0 Å². The Morgan fingerprint density at radius 1 is 0.913 bits per heavy atom. The van der Waals surface area contributed by atoms with Gasteiger partial charge in [-0.25, -0.2) is 0 Å². The lowest BCUT2D eigenvalue weighted by molar-refractivity contribution is -0.385. The number of hydrogen-bond donors (Lipinski definition) is 1. The normalized spacial score (nSPS) is 16.5. The topological polar surface area (TPSA) is 111 Å². The predicted octanol–water partition coefficient (Wildman–Crippen LogP) is 2.94. The van der Waals surface area contributed by atoms with Gasteiger partial charge in [0.1, 0.15) is 0 Å². The van der Waals surface area contributed by atoms with Crippen molar-refractivity contribution in [3.63, 3.8) is 0 Å². The Morgan fingerprint density at radius 3 is 1.96 bits per heavy atom. The zero-order chi connectivity index (χ0) is 16.4. The molecule has 0 aromatic heterocycles. The molecule has 0 saturated heterocycles. The van der Waals surface area contributed by atoms with Gasteiger partial charge in [-0.15, -0.1) is 0 Å². The summed E-state index contributed by atoms with van der Waals surface area (Å²) in [6, 6.07) is 12.5. The third kappa shape index (κ3) is 3.00. The molecule has 0 fully saturated rings. The van der Waals surface area contributed by atoms with Crippen LogP contribution in [0.3, 0.4) is 0 Å². The Hall–Kier alpha value is -3.29. The van der Waals surface area contributed by atoms with Gasteiger partial charge >= 0.3 is 0 Å². The SMILES string of the molecule is O=[N+]([O-])c1ccc(C2=NN[C@H](c3ccc([N+](=O)[O-])cc3)C2)cc1. The van der Waals surface area contributed by atoms with Crippen molar-refractivity contribution >= 4 is 17.1 Å². The smallest absolute Gasteiger partial charge is 0.269 e. The minimum atomic E-state index is -0.446. The number of benzene rings is 2. The zero-order valence-corrected chi connectivity index (χ0v) is 11.9. The third-order valence-corrected chi connectivity index (χ3v) is 3.67. The first kappa shape index (κ1) is 14.6. The van der Waals surface area contributed by atoms with Crippen LogP contribution in [-0.4, -0.2) is 15.6 Å². The molecule has 1 aliphatic heterocycles. The molecule has 1 atom stereocenters. The maximum absolute atomic E-state index is 10.7. The molecule has 0 radical (unpaired) electrons. The Labute approximate surface area is 130 Å². The summed E-state index contributed by atoms with van der Waals surface area (Å²) in [5.41, 5.74) is 5.58. The van der Waals surface area contributed by atoms with Crippen molar-refractivity contribution in [3.05, 3.63) is 79.9 Å². The molecule has 0 saturated carbocycles. The van der Waals surface area contributed by atoms with E-state index >= 15 is 0 Å². The van der Waals surface area contributed by atoms with Gasteiger partial charge in [0, 0.05) is 30.7 Å². The van der Waals surface area contributed by atoms with Crippen LogP contribution in [0.15, 0.2) is 53.6 Å². The van der Waals surface area contributed by atoms with Crippen molar-refractivity contribution in [1.29, 1.82) is 0 Å². The van der Waals surface area contributed by atoms with Crippen LogP contribution in [0.5, 0.6) is 0 Å². The standard InChI is InChI=1S/C15H12N4O4/c20-18(21)12-5-1-10(2-6-12)14-9-15(17-16-14)11-3-7-13(8-4-11)19(22)23/h1-8,14,16H,9H2/t14-/m0/s1. The van der Waals surface area contributed by atoms with E-state index in [2.05, 4.69) is 10.5 Å². The van der Waals surface area contributed by atoms with E-state index in [0.29, 0.717) is 6.42 Å². The predicted molar refractivity (Wildman–Crippen MR) is 83.2 cm³/mol. The number of non-ortho nitro benzene ring substituents is 2. The summed E-state index contributed by atoms with van der Waals surface area (Å²) >= 11 is 0. The van der Waals surface area contributed by atoms with E-state index in [0.717, 1.165) is 16.8 Å². The maximum Gasteiger partial charge on any atom is 0.269 e. The summed E-state index contributed by atoms with van der Waals surface area (Å²) in [6.45, 7) is 0. The maximum atomic E-state index is 10.7. The largest absolute Gasteiger partial charge is 0.302 e. The van der Waals surface area contributed by atoms with Crippen LogP contribution >= 0.6 is 0 Å². The van der Waals surface area contributed by atoms with Crippen molar-refractivity contribution < 1.29 is 9.85 Å². The van der Waals surface area contributed by atoms with E-state index in [1.807, 2.05) is 0 Å². The number of hydrogen-bond acceptors (Lipinski definition) is 6. The van der Waals surface area contributed by atoms with Crippen molar-refractivity contribution in [2.45, 2.75) is 12.5 Å². The fourth-order valence-electron chi connectivity index (χ4n) is 2.42. The first-order valence-electron chi connectivity index (χ1n) is 6.86. The van der Waals surface area contributed by atoms with Gasteiger partial charge in [-0.05, 0) is 23.3 Å². The third-order valence-electron chi connectivity index (χ3n) is 3.67. The molecule has 2 aromatic rings. The molecule has 0 spiro atoms. The molecule has 0 amide bonds. The van der Waals surface area contributed by atoms with Gasteiger partial charge in [-0.1, -0.05) is 12.1 Å². The molecule has 8 nitrogen and oxygen atoms in total. The van der Waals surface area contributed by atoms with E-state index in [-0.39, 0.29) is 17.4 Å². The molecule has 1 heterocycles. The van der Waals surface area contributed by atoms with Crippen LogP contribution in [0, 0.1) is 20.2 Å². The van der Waals surface area contributed by atoms with Gasteiger partial charge < -0.3 is 5.43 Å². The molecule has 0 aliphatic carbocycles. The van der Waals surface area contributed by atoms with Crippen LogP contribution in [0.25, 0.3) is 0 Å². The highest BCUT2D eigenvalue weighted by Crippen LogP contribution is 2.26. The van der Waals surface area contributed by atoms with Gasteiger partial charge in [0.25, 0.3) is 11.4 Å². The first-order valence-corrected chi connectivity index (χ1v) is 6.86. The quantitative estimate of drug-likeness (QED) is 0.689. The summed E-state index contributed by atoms with van der Waals surface area (Å²) in [7, 11) is 0. The fraction of sp³-hybridized carbons (Fsp3) is 0.133. The molecule has 8 heteroatoms. The average Bonchev–Trinajstić information content (AvgIpc) is 3.05. The van der Waals surface area contributed by atoms with E-state index in [1.165, 1.54) is 24.3 Å². The van der Waals surface area contributed by atoms with Crippen LogP contribution in [0.2, 0.25) is 0 Å². The number of nitrogens with one attached hydrogen (secondary N) is 1. The number of nitro groups is 2. The molecule has 0 unspecified atom stereocenters. The molecule has 116 valence electrons. The molecule has 3 rings (SSSR count). The molecule has 2 aromatic carbocycles. The Balaban J connectivity index is 1.72. The lowest BCUT2D eigenvalue weighted by Gasteiger charge is -2.09. The second kappa shape index (κ2) is 5.84. The number of rotatable bonds is 4. The number of nitro benzene ring substituents is 2. The Bertz CT molecular complexity index is 784. The number of hydrazone groups is 1. The summed E-state index contributed by atoms with van der Waals surface area (Å²) < 4.78 is 0. The second-order valence-electron chi connectivity index (χ2n) is 5.10. The molecule has 23 heavy (non-hydrogen) atoms. The van der Waals surface area contributed by atoms with Crippen LogP contribution in [0.1, 0.15) is 23.6 Å². The van der Waals surface area contributed by atoms with Gasteiger partial charge in [-0.2, -0.15) is 5.10 Å². The highest BCUT2D eigenvalue weighted by Gasteiger charge is 2.22. The summed E-state index contributed by atoms with van der Waals surface area (Å²) in [5, 5.41) is 25.6. The van der Waals surface area contributed by atoms with Crippen LogP contribution in [-0.2, 0) is 0 Å². The molecule has 1 N–H and O–H groups in total. The van der Waals surface area contributed by atoms with E-state index in [9.17, 15) is 20.2 Å². The van der Waals surface area contributed by atoms with E-state index < -0.39 is 9.85 Å². The van der Waals surface area contributed by atoms with Crippen LogP contribution < -0.4 is 5.43 Å². The van der Waals surface area contributed by atoms with Crippen molar-refractivity contribution in [2.75, 3.05) is 0 Å². The van der Waals surface area contributed by atoms with Crippen molar-refractivity contribution in [2.24, 2.45) is 5.10 Å². The van der Waals surface area contributed by atoms with Gasteiger partial charge in [0.2, 0.25) is 0 Å². The summed E-state index contributed by atoms with van der Waals surface area (Å²) in [5.74, 6) is 0. The fourth-order valence-corrected chi connectivity index (χ4v) is 2.42. The first-order chi connectivity index (χ1) is 11.0. The van der Waals surface area contributed by atoms with Crippen molar-refractivity contribution in [1.82, 2.24) is 5.43 Å². The minimum Gasteiger partial charge on any atom is -0.302 e. The van der Waals surface area contributed by atoms with Crippen molar-refractivity contribution in [3.8, 4) is 0 Å². The zero-order valence-electron chi connectivity index (χ0n) is 11.9. The van der Waals surface area contributed by atoms with Gasteiger partial charge in [0.05, 0.1) is 21.6 Å².